The van der Waals surface area contributed by atoms with E-state index in [2.05, 4.69) is 53.8 Å². The van der Waals surface area contributed by atoms with Crippen LogP contribution in [0.5, 0.6) is 0 Å². The molecule has 1 aliphatic carbocycles. The summed E-state index contributed by atoms with van der Waals surface area (Å²) in [5, 5.41) is 3.73. The summed E-state index contributed by atoms with van der Waals surface area (Å²) in [6, 6.07) is 17.7. The largest absolute Gasteiger partial charge is 0.378 e. The predicted octanol–water partition coefficient (Wildman–Crippen LogP) is 4.71. The monoisotopic (exact) mass is 281 g/mol. The van der Waals surface area contributed by atoms with Crippen molar-refractivity contribution >= 4 is 5.69 Å². The van der Waals surface area contributed by atoms with E-state index in [-0.39, 0.29) is 0 Å². The van der Waals surface area contributed by atoms with Crippen LogP contribution in [0, 0.1) is 0 Å². The lowest BCUT2D eigenvalue weighted by Gasteiger charge is -2.28. The van der Waals surface area contributed by atoms with E-state index in [1.54, 1.807) is 0 Å². The van der Waals surface area contributed by atoms with E-state index in [1.165, 1.54) is 41.6 Å². The fraction of sp³-hybridized carbons (Fsp3) is 0.368. The van der Waals surface area contributed by atoms with Crippen LogP contribution in [0.25, 0.3) is 0 Å². The SMILES string of the molecule is CCOCc1ccccc1NC1CCCc2ccccc21. The molecular formula is C19H23NO. The zero-order chi connectivity index (χ0) is 14.5. The number of benzene rings is 2. The summed E-state index contributed by atoms with van der Waals surface area (Å²) in [5.74, 6) is 0. The van der Waals surface area contributed by atoms with Gasteiger partial charge in [-0.05, 0) is 43.4 Å². The van der Waals surface area contributed by atoms with Crippen molar-refractivity contribution in [3.8, 4) is 0 Å². The Morgan fingerprint density at radius 2 is 1.90 bits per heavy atom. The zero-order valence-electron chi connectivity index (χ0n) is 12.6. The zero-order valence-corrected chi connectivity index (χ0v) is 12.6. The fourth-order valence-corrected chi connectivity index (χ4v) is 3.09. The minimum absolute atomic E-state index is 0.415. The number of para-hydroxylation sites is 1. The Bertz CT molecular complexity index is 594. The lowest BCUT2D eigenvalue weighted by Crippen LogP contribution is -2.18. The molecule has 0 amide bonds. The van der Waals surface area contributed by atoms with Crippen LogP contribution in [0.4, 0.5) is 5.69 Å². The van der Waals surface area contributed by atoms with Crippen LogP contribution in [0.15, 0.2) is 48.5 Å². The van der Waals surface area contributed by atoms with Crippen molar-refractivity contribution in [2.75, 3.05) is 11.9 Å². The Balaban J connectivity index is 1.81. The second kappa shape index (κ2) is 6.77. The molecule has 1 atom stereocenters. The molecule has 0 radical (unpaired) electrons. The summed E-state index contributed by atoms with van der Waals surface area (Å²) in [7, 11) is 0. The summed E-state index contributed by atoms with van der Waals surface area (Å²) in [5.41, 5.74) is 5.38. The summed E-state index contributed by atoms with van der Waals surface area (Å²) < 4.78 is 5.58. The van der Waals surface area contributed by atoms with Crippen molar-refractivity contribution in [1.29, 1.82) is 0 Å². The number of ether oxygens (including phenoxy) is 1. The maximum Gasteiger partial charge on any atom is 0.0736 e. The summed E-state index contributed by atoms with van der Waals surface area (Å²) in [6.07, 6.45) is 3.65. The Labute approximate surface area is 127 Å². The van der Waals surface area contributed by atoms with Crippen LogP contribution < -0.4 is 5.32 Å². The molecule has 2 heteroatoms. The maximum absolute atomic E-state index is 5.58. The van der Waals surface area contributed by atoms with E-state index in [0.717, 1.165) is 6.61 Å². The van der Waals surface area contributed by atoms with Crippen molar-refractivity contribution < 1.29 is 4.74 Å². The number of rotatable bonds is 5. The molecule has 110 valence electrons. The molecule has 0 aliphatic heterocycles. The fourth-order valence-electron chi connectivity index (χ4n) is 3.09. The second-order valence-corrected chi connectivity index (χ2v) is 5.58. The summed E-state index contributed by atoms with van der Waals surface area (Å²) in [6.45, 7) is 3.46. The highest BCUT2D eigenvalue weighted by Crippen LogP contribution is 2.33. The van der Waals surface area contributed by atoms with Gasteiger partial charge in [0, 0.05) is 17.9 Å². The van der Waals surface area contributed by atoms with Gasteiger partial charge in [-0.1, -0.05) is 42.5 Å². The van der Waals surface area contributed by atoms with Crippen molar-refractivity contribution in [3.63, 3.8) is 0 Å². The highest BCUT2D eigenvalue weighted by Gasteiger charge is 2.20. The normalized spacial score (nSPS) is 17.3. The van der Waals surface area contributed by atoms with Crippen molar-refractivity contribution in [1.82, 2.24) is 0 Å². The number of hydrogen-bond acceptors (Lipinski definition) is 2. The Morgan fingerprint density at radius 1 is 1.10 bits per heavy atom. The molecule has 2 nitrogen and oxygen atoms in total. The van der Waals surface area contributed by atoms with Crippen LogP contribution in [0.1, 0.15) is 42.5 Å². The van der Waals surface area contributed by atoms with Gasteiger partial charge >= 0.3 is 0 Å². The minimum atomic E-state index is 0.415. The van der Waals surface area contributed by atoms with E-state index in [1.807, 2.05) is 6.92 Å². The van der Waals surface area contributed by atoms with Crippen molar-refractivity contribution in [2.45, 2.75) is 38.8 Å². The topological polar surface area (TPSA) is 21.3 Å². The Kier molecular flexibility index (Phi) is 4.56. The molecule has 1 unspecified atom stereocenters. The van der Waals surface area contributed by atoms with Gasteiger partial charge in [0.15, 0.2) is 0 Å². The molecule has 0 fully saturated rings. The van der Waals surface area contributed by atoms with Crippen LogP contribution in [0.3, 0.4) is 0 Å². The average molecular weight is 281 g/mol. The quantitative estimate of drug-likeness (QED) is 0.856. The van der Waals surface area contributed by atoms with Crippen molar-refractivity contribution in [3.05, 3.63) is 65.2 Å². The molecule has 0 aromatic heterocycles. The first kappa shape index (κ1) is 14.2. The number of nitrogens with one attached hydrogen (secondary N) is 1. The molecule has 0 heterocycles. The Morgan fingerprint density at radius 3 is 2.81 bits per heavy atom. The first-order valence-corrected chi connectivity index (χ1v) is 7.88. The van der Waals surface area contributed by atoms with Crippen LogP contribution >= 0.6 is 0 Å². The van der Waals surface area contributed by atoms with Gasteiger partial charge < -0.3 is 10.1 Å². The Hall–Kier alpha value is -1.80. The molecule has 21 heavy (non-hydrogen) atoms. The first-order chi connectivity index (χ1) is 10.4. The number of anilines is 1. The highest BCUT2D eigenvalue weighted by atomic mass is 16.5. The number of aryl methyl sites for hydroxylation is 1. The summed E-state index contributed by atoms with van der Waals surface area (Å²) in [4.78, 5) is 0. The molecule has 0 saturated carbocycles. The van der Waals surface area contributed by atoms with Gasteiger partial charge in [0.1, 0.15) is 0 Å². The first-order valence-electron chi connectivity index (χ1n) is 7.88. The van der Waals surface area contributed by atoms with Gasteiger partial charge in [-0.15, -0.1) is 0 Å². The molecule has 1 N–H and O–H groups in total. The standard InChI is InChI=1S/C19H23NO/c1-2-21-14-16-9-4-6-12-18(16)20-19-13-7-10-15-8-3-5-11-17(15)19/h3-6,8-9,11-12,19-20H,2,7,10,13-14H2,1H3. The highest BCUT2D eigenvalue weighted by molar-refractivity contribution is 5.53. The van der Waals surface area contributed by atoms with Gasteiger partial charge in [0.2, 0.25) is 0 Å². The van der Waals surface area contributed by atoms with Crippen LogP contribution in [0.2, 0.25) is 0 Å². The third-order valence-corrected chi connectivity index (χ3v) is 4.18. The molecular weight excluding hydrogens is 258 g/mol. The van der Waals surface area contributed by atoms with E-state index in [0.29, 0.717) is 12.6 Å². The van der Waals surface area contributed by atoms with Gasteiger partial charge in [-0.2, -0.15) is 0 Å². The second-order valence-electron chi connectivity index (χ2n) is 5.58. The van der Waals surface area contributed by atoms with Gasteiger partial charge in [0.05, 0.1) is 12.6 Å². The third kappa shape index (κ3) is 3.27. The average Bonchev–Trinajstić information content (AvgIpc) is 2.54. The van der Waals surface area contributed by atoms with Crippen LogP contribution in [-0.2, 0) is 17.8 Å². The van der Waals surface area contributed by atoms with Gasteiger partial charge in [-0.25, -0.2) is 0 Å². The number of fused-ring (bicyclic) bond motifs is 1. The number of hydrogen-bond donors (Lipinski definition) is 1. The van der Waals surface area contributed by atoms with Gasteiger partial charge in [0.25, 0.3) is 0 Å². The van der Waals surface area contributed by atoms with Crippen molar-refractivity contribution in [2.24, 2.45) is 0 Å². The van der Waals surface area contributed by atoms with E-state index < -0.39 is 0 Å². The lowest BCUT2D eigenvalue weighted by molar-refractivity contribution is 0.134. The molecule has 1 aliphatic rings. The van der Waals surface area contributed by atoms with Gasteiger partial charge in [-0.3, -0.25) is 0 Å². The lowest BCUT2D eigenvalue weighted by atomic mass is 9.87. The van der Waals surface area contributed by atoms with E-state index in [4.69, 9.17) is 4.74 Å². The third-order valence-electron chi connectivity index (χ3n) is 4.18. The molecule has 0 spiro atoms. The molecule has 3 rings (SSSR count). The van der Waals surface area contributed by atoms with E-state index in [9.17, 15) is 0 Å². The smallest absolute Gasteiger partial charge is 0.0736 e. The summed E-state index contributed by atoms with van der Waals surface area (Å²) >= 11 is 0. The maximum atomic E-state index is 5.58. The van der Waals surface area contributed by atoms with Crippen LogP contribution in [-0.4, -0.2) is 6.61 Å². The predicted molar refractivity (Wildman–Crippen MR) is 87.5 cm³/mol. The van der Waals surface area contributed by atoms with E-state index >= 15 is 0 Å². The molecule has 0 saturated heterocycles. The molecule has 0 bridgehead atoms. The minimum Gasteiger partial charge on any atom is -0.378 e. The molecule has 2 aromatic carbocycles. The molecule has 2 aromatic rings.